The van der Waals surface area contributed by atoms with E-state index in [0.29, 0.717) is 0 Å². The molecule has 0 bridgehead atoms. The number of para-hydroxylation sites is 1. The van der Waals surface area contributed by atoms with Gasteiger partial charge in [-0.2, -0.15) is 5.10 Å². The summed E-state index contributed by atoms with van der Waals surface area (Å²) in [7, 11) is 0. The molecular formula is C15H21N3S. The fourth-order valence-corrected chi connectivity index (χ4v) is 2.96. The zero-order chi connectivity index (χ0) is 13.7. The van der Waals surface area contributed by atoms with E-state index in [2.05, 4.69) is 55.0 Å². The lowest BCUT2D eigenvalue weighted by atomic mass is 10.2. The van der Waals surface area contributed by atoms with E-state index in [4.69, 9.17) is 5.10 Å². The molecule has 2 rings (SSSR count). The molecule has 1 aromatic carbocycles. The molecular weight excluding hydrogens is 254 g/mol. The highest BCUT2D eigenvalue weighted by molar-refractivity contribution is 7.99. The average molecular weight is 275 g/mol. The van der Waals surface area contributed by atoms with Gasteiger partial charge in [-0.25, -0.2) is 4.68 Å². The quantitative estimate of drug-likeness (QED) is 0.819. The Morgan fingerprint density at radius 2 is 1.95 bits per heavy atom. The Kier molecular flexibility index (Phi) is 5.05. The van der Waals surface area contributed by atoms with Crippen molar-refractivity contribution in [3.63, 3.8) is 0 Å². The molecule has 0 atom stereocenters. The maximum absolute atomic E-state index is 4.71. The van der Waals surface area contributed by atoms with E-state index in [0.717, 1.165) is 30.2 Å². The first-order valence-electron chi connectivity index (χ1n) is 6.75. The standard InChI is InChI=1S/C15H21N3S/c1-4-16-11-14-12(3)17-18(15(14)19-5-2)13-9-7-6-8-10-13/h6-10,16H,4-5,11H2,1-3H3. The maximum atomic E-state index is 4.71. The summed E-state index contributed by atoms with van der Waals surface area (Å²) in [5, 5.41) is 9.37. The van der Waals surface area contributed by atoms with Crippen LogP contribution in [0.2, 0.25) is 0 Å². The van der Waals surface area contributed by atoms with Gasteiger partial charge in [0.2, 0.25) is 0 Å². The minimum atomic E-state index is 0.886. The smallest absolute Gasteiger partial charge is 0.105 e. The van der Waals surface area contributed by atoms with Gasteiger partial charge in [-0.1, -0.05) is 32.0 Å². The van der Waals surface area contributed by atoms with Gasteiger partial charge < -0.3 is 5.32 Å². The first-order valence-corrected chi connectivity index (χ1v) is 7.73. The fourth-order valence-electron chi connectivity index (χ4n) is 2.02. The summed E-state index contributed by atoms with van der Waals surface area (Å²) in [5.41, 5.74) is 3.56. The van der Waals surface area contributed by atoms with Gasteiger partial charge in [0.1, 0.15) is 5.03 Å². The Bertz CT molecular complexity index is 520. The molecule has 1 heterocycles. The van der Waals surface area contributed by atoms with E-state index in [-0.39, 0.29) is 0 Å². The third-order valence-corrected chi connectivity index (χ3v) is 3.95. The number of nitrogens with zero attached hydrogens (tertiary/aromatic N) is 2. The van der Waals surface area contributed by atoms with Crippen LogP contribution in [0.1, 0.15) is 25.1 Å². The highest BCUT2D eigenvalue weighted by Crippen LogP contribution is 2.28. The van der Waals surface area contributed by atoms with Crippen molar-refractivity contribution in [2.45, 2.75) is 32.3 Å². The largest absolute Gasteiger partial charge is 0.313 e. The molecule has 0 amide bonds. The molecule has 0 aliphatic carbocycles. The number of nitrogens with one attached hydrogen (secondary N) is 1. The summed E-state index contributed by atoms with van der Waals surface area (Å²) in [6, 6.07) is 10.3. The van der Waals surface area contributed by atoms with Crippen molar-refractivity contribution in [2.75, 3.05) is 12.3 Å². The maximum Gasteiger partial charge on any atom is 0.105 e. The highest BCUT2D eigenvalue weighted by atomic mass is 32.2. The Labute approximate surface area is 119 Å². The van der Waals surface area contributed by atoms with E-state index in [1.54, 1.807) is 0 Å². The van der Waals surface area contributed by atoms with Gasteiger partial charge >= 0.3 is 0 Å². The summed E-state index contributed by atoms with van der Waals surface area (Å²) >= 11 is 1.86. The van der Waals surface area contributed by atoms with E-state index in [9.17, 15) is 0 Å². The van der Waals surface area contributed by atoms with E-state index in [1.165, 1.54) is 10.6 Å². The van der Waals surface area contributed by atoms with E-state index < -0.39 is 0 Å². The minimum Gasteiger partial charge on any atom is -0.313 e. The van der Waals surface area contributed by atoms with Crippen LogP contribution in [0.15, 0.2) is 35.4 Å². The van der Waals surface area contributed by atoms with Crippen LogP contribution in [0.4, 0.5) is 0 Å². The Morgan fingerprint density at radius 3 is 2.58 bits per heavy atom. The van der Waals surface area contributed by atoms with Crippen molar-refractivity contribution in [1.82, 2.24) is 15.1 Å². The second kappa shape index (κ2) is 6.78. The van der Waals surface area contributed by atoms with Crippen LogP contribution in [0.3, 0.4) is 0 Å². The Balaban J connectivity index is 2.43. The van der Waals surface area contributed by atoms with Crippen molar-refractivity contribution in [2.24, 2.45) is 0 Å². The second-order valence-corrected chi connectivity index (χ2v) is 5.58. The summed E-state index contributed by atoms with van der Waals surface area (Å²) in [6.45, 7) is 8.26. The zero-order valence-corrected chi connectivity index (χ0v) is 12.6. The summed E-state index contributed by atoms with van der Waals surface area (Å²) in [6.07, 6.45) is 0. The van der Waals surface area contributed by atoms with Crippen LogP contribution < -0.4 is 5.32 Å². The number of hydrogen-bond donors (Lipinski definition) is 1. The van der Waals surface area contributed by atoms with Gasteiger partial charge in [0.15, 0.2) is 0 Å². The van der Waals surface area contributed by atoms with Gasteiger partial charge in [0, 0.05) is 12.1 Å². The molecule has 1 aromatic heterocycles. The van der Waals surface area contributed by atoms with Crippen molar-refractivity contribution >= 4 is 11.8 Å². The normalized spacial score (nSPS) is 10.9. The number of benzene rings is 1. The molecule has 0 radical (unpaired) electrons. The molecule has 0 saturated carbocycles. The molecule has 0 saturated heterocycles. The van der Waals surface area contributed by atoms with Crippen LogP contribution >= 0.6 is 11.8 Å². The summed E-state index contributed by atoms with van der Waals surface area (Å²) in [5.74, 6) is 1.05. The average Bonchev–Trinajstić information content (AvgIpc) is 2.75. The first kappa shape index (κ1) is 14.2. The Hall–Kier alpha value is -1.26. The predicted octanol–water partition coefficient (Wildman–Crippen LogP) is 3.40. The van der Waals surface area contributed by atoms with Gasteiger partial charge in [0.05, 0.1) is 11.4 Å². The molecule has 3 nitrogen and oxygen atoms in total. The zero-order valence-electron chi connectivity index (χ0n) is 11.8. The highest BCUT2D eigenvalue weighted by Gasteiger charge is 2.15. The lowest BCUT2D eigenvalue weighted by Crippen LogP contribution is -2.13. The SMILES string of the molecule is CCNCc1c(C)nn(-c2ccccc2)c1SCC. The molecule has 102 valence electrons. The molecule has 0 aliphatic rings. The van der Waals surface area contributed by atoms with Crippen LogP contribution in [0.25, 0.3) is 5.69 Å². The number of hydrogen-bond acceptors (Lipinski definition) is 3. The molecule has 0 aliphatic heterocycles. The number of rotatable bonds is 6. The van der Waals surface area contributed by atoms with Gasteiger partial charge in [-0.15, -0.1) is 11.8 Å². The van der Waals surface area contributed by atoms with Crippen molar-refractivity contribution in [3.8, 4) is 5.69 Å². The van der Waals surface area contributed by atoms with E-state index >= 15 is 0 Å². The first-order chi connectivity index (χ1) is 9.27. The Morgan fingerprint density at radius 1 is 1.21 bits per heavy atom. The van der Waals surface area contributed by atoms with Crippen LogP contribution in [0, 0.1) is 6.92 Å². The van der Waals surface area contributed by atoms with Crippen LogP contribution in [-0.2, 0) is 6.54 Å². The lowest BCUT2D eigenvalue weighted by molar-refractivity contribution is 0.708. The number of thioether (sulfide) groups is 1. The summed E-state index contributed by atoms with van der Waals surface area (Å²) < 4.78 is 2.07. The molecule has 2 aromatic rings. The van der Waals surface area contributed by atoms with Gasteiger partial charge in [-0.3, -0.25) is 0 Å². The summed E-state index contributed by atoms with van der Waals surface area (Å²) in [4.78, 5) is 0. The number of aromatic nitrogens is 2. The molecule has 1 N–H and O–H groups in total. The molecule has 0 fully saturated rings. The van der Waals surface area contributed by atoms with Gasteiger partial charge in [0.25, 0.3) is 0 Å². The third kappa shape index (κ3) is 3.19. The third-order valence-electron chi connectivity index (χ3n) is 2.97. The molecule has 4 heteroatoms. The fraction of sp³-hybridized carbons (Fsp3) is 0.400. The number of aryl methyl sites for hydroxylation is 1. The molecule has 0 unspecified atom stereocenters. The topological polar surface area (TPSA) is 29.9 Å². The van der Waals surface area contributed by atoms with Crippen molar-refractivity contribution in [1.29, 1.82) is 0 Å². The van der Waals surface area contributed by atoms with E-state index in [1.807, 2.05) is 17.8 Å². The van der Waals surface area contributed by atoms with Crippen LogP contribution in [-0.4, -0.2) is 22.1 Å². The lowest BCUT2D eigenvalue weighted by Gasteiger charge is -2.08. The van der Waals surface area contributed by atoms with Gasteiger partial charge in [-0.05, 0) is 31.4 Å². The van der Waals surface area contributed by atoms with Crippen LogP contribution in [0.5, 0.6) is 0 Å². The molecule has 19 heavy (non-hydrogen) atoms. The minimum absolute atomic E-state index is 0.886. The van der Waals surface area contributed by atoms with Crippen molar-refractivity contribution in [3.05, 3.63) is 41.6 Å². The second-order valence-electron chi connectivity index (χ2n) is 4.33. The monoisotopic (exact) mass is 275 g/mol. The van der Waals surface area contributed by atoms with Crippen molar-refractivity contribution < 1.29 is 0 Å². The molecule has 0 spiro atoms. The predicted molar refractivity (Wildman–Crippen MR) is 82.1 cm³/mol.